The number of nitrogens with two attached hydrogens (primary N) is 1. The first-order valence-corrected chi connectivity index (χ1v) is 16.8. The molecule has 0 amide bonds. The van der Waals surface area contributed by atoms with Crippen molar-refractivity contribution in [2.75, 3.05) is 39.6 Å². The molecule has 4 fully saturated rings. The predicted octanol–water partition coefficient (Wildman–Crippen LogP) is -8.60. The molecule has 0 aromatic rings. The van der Waals surface area contributed by atoms with Gasteiger partial charge in [0, 0.05) is 6.61 Å². The number of aliphatic hydroxyl groups excluding tert-OH is 13. The molecule has 4 aliphatic rings. The van der Waals surface area contributed by atoms with Gasteiger partial charge in [-0.2, -0.15) is 0 Å². The van der Waals surface area contributed by atoms with Crippen molar-refractivity contribution in [3.8, 4) is 0 Å². The lowest BCUT2D eigenvalue weighted by molar-refractivity contribution is -0.388. The highest BCUT2D eigenvalue weighted by atomic mass is 16.8. The van der Waals surface area contributed by atoms with Gasteiger partial charge in [0.05, 0.1) is 26.4 Å². The second kappa shape index (κ2) is 19.6. The van der Waals surface area contributed by atoms with Crippen LogP contribution >= 0.6 is 0 Å². The molecule has 0 saturated carbocycles. The third-order valence-corrected chi connectivity index (χ3v) is 9.31. The molecule has 0 bridgehead atoms. The Hall–Kier alpha value is -0.880. The number of hydrogen-bond donors (Lipinski definition) is 14. The average Bonchev–Trinajstić information content (AvgIpc) is 3.13. The van der Waals surface area contributed by atoms with Crippen LogP contribution in [0.15, 0.2) is 0 Å². The second-order valence-electron chi connectivity index (χ2n) is 12.8. The molecule has 8 unspecified atom stereocenters. The minimum atomic E-state index is -2.02. The summed E-state index contributed by atoms with van der Waals surface area (Å²) in [5, 5.41) is 135. The van der Waals surface area contributed by atoms with E-state index in [2.05, 4.69) is 0 Å². The minimum absolute atomic E-state index is 0.162. The van der Waals surface area contributed by atoms with Crippen LogP contribution in [0.25, 0.3) is 0 Å². The molecular weight excluding hydrogens is 698 g/mol. The second-order valence-corrected chi connectivity index (χ2v) is 12.8. The largest absolute Gasteiger partial charge is 0.394 e. The number of hydrogen-bond acceptors (Lipinski definition) is 22. The van der Waals surface area contributed by atoms with E-state index in [9.17, 15) is 66.4 Å². The lowest BCUT2D eigenvalue weighted by Gasteiger charge is -2.49. The summed E-state index contributed by atoms with van der Waals surface area (Å²) in [5.74, 6) is 0. The zero-order chi connectivity index (χ0) is 37.6. The van der Waals surface area contributed by atoms with Crippen LogP contribution in [0.3, 0.4) is 0 Å². The van der Waals surface area contributed by atoms with Gasteiger partial charge < -0.3 is 110 Å². The highest BCUT2D eigenvalue weighted by molar-refractivity contribution is 4.97. The summed E-state index contributed by atoms with van der Waals surface area (Å²) in [7, 11) is 0. The number of aliphatic hydroxyl groups is 13. The quantitative estimate of drug-likeness (QED) is 0.0651. The van der Waals surface area contributed by atoms with E-state index in [0.717, 1.165) is 12.8 Å². The standard InChI is InChI=1S/C29H53NO21/c30-4-2-1-3-5-44-26-20(41)16(37)23(11(7-32)46-26)50-28-22(43)18(39)25(13(9-34)48-28)51-29-21(42)17(38)24(12(8-33)47-29)49-27-19(40)15(36)14(35)10(6-31)45-27/h10-29,31-43H,1-9,30H2/t10?,11?,12?,13?,14-,15+,16-,17-,18-,19?,20?,21?,22?,23-,24-,25-,26-,27+,28+,29+/m1/s1. The first-order valence-electron chi connectivity index (χ1n) is 16.8. The van der Waals surface area contributed by atoms with E-state index in [0.29, 0.717) is 13.0 Å². The fourth-order valence-electron chi connectivity index (χ4n) is 6.29. The number of ether oxygens (including phenoxy) is 8. The summed E-state index contributed by atoms with van der Waals surface area (Å²) in [6.07, 6.45) is -32.0. The van der Waals surface area contributed by atoms with E-state index < -0.39 is 149 Å². The van der Waals surface area contributed by atoms with Gasteiger partial charge in [0.25, 0.3) is 0 Å². The van der Waals surface area contributed by atoms with E-state index >= 15 is 0 Å². The topological polar surface area (TPSA) is 363 Å². The normalized spacial score (nSPS) is 48.1. The third kappa shape index (κ3) is 9.68. The first-order chi connectivity index (χ1) is 24.3. The lowest BCUT2D eigenvalue weighted by Crippen LogP contribution is -2.67. The van der Waals surface area contributed by atoms with E-state index in [1.807, 2.05) is 0 Å². The zero-order valence-electron chi connectivity index (χ0n) is 27.6. The fourth-order valence-corrected chi connectivity index (χ4v) is 6.29. The summed E-state index contributed by atoms with van der Waals surface area (Å²) in [6, 6.07) is 0. The molecule has 0 aromatic heterocycles. The van der Waals surface area contributed by atoms with Gasteiger partial charge in [0.2, 0.25) is 0 Å². The van der Waals surface area contributed by atoms with Gasteiger partial charge in [-0.3, -0.25) is 0 Å². The predicted molar refractivity (Wildman–Crippen MR) is 161 cm³/mol. The van der Waals surface area contributed by atoms with Gasteiger partial charge in [-0.25, -0.2) is 0 Å². The maximum absolute atomic E-state index is 11.0. The zero-order valence-corrected chi connectivity index (χ0v) is 27.6. The van der Waals surface area contributed by atoms with E-state index in [-0.39, 0.29) is 6.61 Å². The van der Waals surface area contributed by atoms with Crippen molar-refractivity contribution in [1.82, 2.24) is 0 Å². The maximum atomic E-state index is 11.0. The first kappa shape index (κ1) is 42.9. The lowest BCUT2D eigenvalue weighted by atomic mass is 9.95. The Bertz CT molecular complexity index is 1010. The van der Waals surface area contributed by atoms with Crippen LogP contribution in [0.1, 0.15) is 19.3 Å². The highest BCUT2D eigenvalue weighted by Crippen LogP contribution is 2.34. The van der Waals surface area contributed by atoms with Crippen molar-refractivity contribution in [1.29, 1.82) is 0 Å². The fraction of sp³-hybridized carbons (Fsp3) is 1.00. The van der Waals surface area contributed by atoms with Crippen molar-refractivity contribution in [2.24, 2.45) is 5.73 Å². The van der Waals surface area contributed by atoms with Crippen molar-refractivity contribution >= 4 is 0 Å². The minimum Gasteiger partial charge on any atom is -0.394 e. The molecule has 0 radical (unpaired) electrons. The van der Waals surface area contributed by atoms with Gasteiger partial charge in [-0.1, -0.05) is 0 Å². The van der Waals surface area contributed by atoms with Gasteiger partial charge in [-0.05, 0) is 25.8 Å². The maximum Gasteiger partial charge on any atom is 0.187 e. The summed E-state index contributed by atoms with van der Waals surface area (Å²) in [6.45, 7) is -2.62. The molecule has 22 nitrogen and oxygen atoms in total. The molecule has 4 saturated heterocycles. The molecule has 22 heteroatoms. The van der Waals surface area contributed by atoms with Crippen LogP contribution in [0.5, 0.6) is 0 Å². The van der Waals surface area contributed by atoms with Crippen LogP contribution < -0.4 is 5.73 Å². The van der Waals surface area contributed by atoms with E-state index in [1.54, 1.807) is 0 Å². The highest BCUT2D eigenvalue weighted by Gasteiger charge is 2.55. The number of unbranched alkanes of at least 4 members (excludes halogenated alkanes) is 2. The van der Waals surface area contributed by atoms with Crippen LogP contribution in [-0.2, 0) is 37.9 Å². The molecule has 300 valence electrons. The van der Waals surface area contributed by atoms with Crippen LogP contribution in [0.2, 0.25) is 0 Å². The SMILES string of the molecule is NCCCCCO[C@@H]1OC(CO)[C@@H](O[C@@H]2OC(CO)[C@@H](O[C@@H]3OC(CO)[C@@H](O[C@@H]4OC(CO)[C@@H](O)[C@H](O)C4O)[C@H](O)C3O)[C@H](O)C2O)[C@H](O)C1O. The van der Waals surface area contributed by atoms with Crippen molar-refractivity contribution < 1.29 is 104 Å². The molecule has 0 aromatic carbocycles. The molecule has 0 spiro atoms. The Labute approximate surface area is 292 Å². The summed E-state index contributed by atoms with van der Waals surface area (Å²) < 4.78 is 44.3. The van der Waals surface area contributed by atoms with Gasteiger partial charge in [0.15, 0.2) is 25.2 Å². The van der Waals surface area contributed by atoms with Gasteiger partial charge >= 0.3 is 0 Å². The third-order valence-electron chi connectivity index (χ3n) is 9.31. The molecule has 4 heterocycles. The molecule has 4 rings (SSSR count). The molecule has 15 N–H and O–H groups in total. The van der Waals surface area contributed by atoms with Crippen LogP contribution in [0, 0.1) is 0 Å². The van der Waals surface area contributed by atoms with Crippen molar-refractivity contribution in [2.45, 2.75) is 142 Å². The van der Waals surface area contributed by atoms with Crippen LogP contribution in [0.4, 0.5) is 0 Å². The molecule has 0 aliphatic carbocycles. The number of rotatable bonds is 16. The van der Waals surface area contributed by atoms with Crippen LogP contribution in [-0.4, -0.2) is 229 Å². The van der Waals surface area contributed by atoms with Gasteiger partial charge in [0.1, 0.15) is 97.7 Å². The Morgan fingerprint density at radius 2 is 0.745 bits per heavy atom. The van der Waals surface area contributed by atoms with Crippen molar-refractivity contribution in [3.63, 3.8) is 0 Å². The molecular formula is C29H53NO21. The average molecular weight is 752 g/mol. The van der Waals surface area contributed by atoms with E-state index in [1.165, 1.54) is 0 Å². The molecule has 4 aliphatic heterocycles. The Balaban J connectivity index is 1.39. The summed E-state index contributed by atoms with van der Waals surface area (Å²) in [4.78, 5) is 0. The Morgan fingerprint density at radius 1 is 0.392 bits per heavy atom. The smallest absolute Gasteiger partial charge is 0.187 e. The Kier molecular flexibility index (Phi) is 16.5. The van der Waals surface area contributed by atoms with Crippen molar-refractivity contribution in [3.05, 3.63) is 0 Å². The molecule has 20 atom stereocenters. The molecule has 51 heavy (non-hydrogen) atoms. The van der Waals surface area contributed by atoms with Gasteiger partial charge in [-0.15, -0.1) is 0 Å². The Morgan fingerprint density at radius 3 is 1.14 bits per heavy atom. The monoisotopic (exact) mass is 751 g/mol. The van der Waals surface area contributed by atoms with E-state index in [4.69, 9.17) is 43.6 Å². The summed E-state index contributed by atoms with van der Waals surface area (Å²) in [5.41, 5.74) is 5.47. The summed E-state index contributed by atoms with van der Waals surface area (Å²) >= 11 is 0.